The number of hydrogen-bond acceptors (Lipinski definition) is 5. The van der Waals surface area contributed by atoms with Gasteiger partial charge in [0, 0.05) is 11.9 Å². The van der Waals surface area contributed by atoms with Crippen LogP contribution in [0.2, 0.25) is 0 Å². The van der Waals surface area contributed by atoms with Crippen molar-refractivity contribution in [3.8, 4) is 0 Å². The average Bonchev–Trinajstić information content (AvgIpc) is 2.68. The number of hydrogen-bond donors (Lipinski definition) is 2. The van der Waals surface area contributed by atoms with Gasteiger partial charge in [-0.1, -0.05) is 37.3 Å². The van der Waals surface area contributed by atoms with Crippen molar-refractivity contribution >= 4 is 26.7 Å². The molecule has 9 heteroatoms. The number of rotatable bonds is 6. The Hall–Kier alpha value is -3.04. The minimum atomic E-state index is -3.95. The van der Waals surface area contributed by atoms with Crippen LogP contribution in [0.5, 0.6) is 0 Å². The lowest BCUT2D eigenvalue weighted by molar-refractivity contribution is 0.0939. The fourth-order valence-electron chi connectivity index (χ4n) is 2.78. The highest BCUT2D eigenvalue weighted by Crippen LogP contribution is 2.14. The Labute approximate surface area is 162 Å². The molecule has 3 aromatic rings. The predicted molar refractivity (Wildman–Crippen MR) is 105 cm³/mol. The molecule has 1 amide bonds. The average molecular weight is 400 g/mol. The third kappa shape index (κ3) is 3.95. The van der Waals surface area contributed by atoms with Gasteiger partial charge in [0.1, 0.15) is 0 Å². The van der Waals surface area contributed by atoms with E-state index < -0.39 is 15.9 Å². The molecule has 0 unspecified atom stereocenters. The first kappa shape index (κ1) is 19.7. The van der Waals surface area contributed by atoms with E-state index in [1.165, 1.54) is 16.8 Å². The lowest BCUT2D eigenvalue weighted by Gasteiger charge is -2.12. The molecular weight excluding hydrogens is 380 g/mol. The highest BCUT2D eigenvalue weighted by Gasteiger charge is 2.20. The van der Waals surface area contributed by atoms with Crippen LogP contribution >= 0.6 is 0 Å². The van der Waals surface area contributed by atoms with Crippen molar-refractivity contribution in [1.29, 1.82) is 0 Å². The third-order valence-corrected chi connectivity index (χ3v) is 5.36. The number of carbonyl (C=O) groups is 1. The van der Waals surface area contributed by atoms with Gasteiger partial charge in [-0.25, -0.2) is 13.1 Å². The summed E-state index contributed by atoms with van der Waals surface area (Å²) in [5.74, 6) is -0.753. The van der Waals surface area contributed by atoms with Crippen LogP contribution in [0.4, 0.5) is 0 Å². The molecule has 1 aromatic heterocycles. The highest BCUT2D eigenvalue weighted by molar-refractivity contribution is 7.89. The first-order valence-corrected chi connectivity index (χ1v) is 10.2. The van der Waals surface area contributed by atoms with Gasteiger partial charge in [-0.05, 0) is 37.1 Å². The molecular formula is C19H20N4O4S. The smallest absolute Gasteiger partial charge is 0.272 e. The Morgan fingerprint density at radius 3 is 2.50 bits per heavy atom. The second-order valence-corrected chi connectivity index (χ2v) is 7.98. The van der Waals surface area contributed by atoms with Crippen molar-refractivity contribution in [1.82, 2.24) is 20.0 Å². The summed E-state index contributed by atoms with van der Waals surface area (Å²) in [4.78, 5) is 27.2. The number of fused-ring (bicyclic) bond motifs is 1. The first-order chi connectivity index (χ1) is 13.3. The molecule has 0 fully saturated rings. The number of sulfonamides is 1. The van der Waals surface area contributed by atoms with Gasteiger partial charge in [0.2, 0.25) is 0 Å². The lowest BCUT2D eigenvalue weighted by Crippen LogP contribution is -2.42. The quantitative estimate of drug-likeness (QED) is 0.613. The lowest BCUT2D eigenvalue weighted by atomic mass is 10.1. The molecule has 28 heavy (non-hydrogen) atoms. The second-order valence-electron chi connectivity index (χ2n) is 6.30. The molecule has 146 valence electrons. The molecule has 8 nitrogen and oxygen atoms in total. The van der Waals surface area contributed by atoms with Gasteiger partial charge in [-0.15, -0.1) is 4.83 Å². The summed E-state index contributed by atoms with van der Waals surface area (Å²) in [5, 5.41) is 4.83. The minimum absolute atomic E-state index is 0.0292. The summed E-state index contributed by atoms with van der Waals surface area (Å²) in [6.45, 7) is 4.00. The number of aryl methyl sites for hydroxylation is 2. The van der Waals surface area contributed by atoms with Gasteiger partial charge in [0.05, 0.1) is 10.3 Å². The van der Waals surface area contributed by atoms with Crippen molar-refractivity contribution < 1.29 is 13.2 Å². The number of hydrazine groups is 1. The van der Waals surface area contributed by atoms with Gasteiger partial charge in [0.15, 0.2) is 5.69 Å². The van der Waals surface area contributed by atoms with Crippen molar-refractivity contribution in [3.63, 3.8) is 0 Å². The molecule has 2 aromatic carbocycles. The topological polar surface area (TPSA) is 110 Å². The van der Waals surface area contributed by atoms with Crippen molar-refractivity contribution in [2.24, 2.45) is 0 Å². The molecule has 0 radical (unpaired) electrons. The van der Waals surface area contributed by atoms with Crippen LogP contribution in [0.25, 0.3) is 10.8 Å². The van der Waals surface area contributed by atoms with E-state index in [0.29, 0.717) is 23.7 Å². The minimum Gasteiger partial charge on any atom is -0.272 e. The van der Waals surface area contributed by atoms with E-state index in [1.807, 2.05) is 6.92 Å². The Morgan fingerprint density at radius 2 is 1.82 bits per heavy atom. The van der Waals surface area contributed by atoms with Crippen LogP contribution in [-0.2, 0) is 16.6 Å². The van der Waals surface area contributed by atoms with Gasteiger partial charge in [-0.3, -0.25) is 15.0 Å². The molecule has 0 aliphatic rings. The normalized spacial score (nSPS) is 11.5. The Morgan fingerprint density at radius 1 is 1.11 bits per heavy atom. The molecule has 0 saturated carbocycles. The summed E-state index contributed by atoms with van der Waals surface area (Å²) in [6.07, 6.45) is 0.659. The largest absolute Gasteiger partial charge is 0.287 e. The molecule has 3 rings (SSSR count). The number of nitrogens with one attached hydrogen (secondary N) is 2. The maximum absolute atomic E-state index is 12.7. The van der Waals surface area contributed by atoms with Crippen molar-refractivity contribution in [2.45, 2.75) is 31.7 Å². The van der Waals surface area contributed by atoms with Gasteiger partial charge < -0.3 is 0 Å². The Bertz CT molecular complexity index is 1200. The van der Waals surface area contributed by atoms with Crippen molar-refractivity contribution in [3.05, 3.63) is 70.1 Å². The Balaban J connectivity index is 1.93. The van der Waals surface area contributed by atoms with E-state index in [4.69, 9.17) is 0 Å². The van der Waals surface area contributed by atoms with E-state index >= 15 is 0 Å². The van der Waals surface area contributed by atoms with E-state index in [2.05, 4.69) is 15.4 Å². The summed E-state index contributed by atoms with van der Waals surface area (Å²) in [7, 11) is -3.95. The standard InChI is InChI=1S/C19H20N4O4S/c1-3-11-23-19(25)16-10-5-4-9-15(16)17(21-23)18(24)20-22-28(26,27)14-8-6-7-13(2)12-14/h4-10,12,22H,3,11H2,1-2H3,(H,20,24). The zero-order chi connectivity index (χ0) is 20.3. The van der Waals surface area contributed by atoms with Gasteiger partial charge in [0.25, 0.3) is 21.5 Å². The number of carbonyl (C=O) groups excluding carboxylic acids is 1. The summed E-state index contributed by atoms with van der Waals surface area (Å²) in [5.41, 5.74) is 2.63. The van der Waals surface area contributed by atoms with Crippen LogP contribution in [-0.4, -0.2) is 24.1 Å². The van der Waals surface area contributed by atoms with E-state index in [1.54, 1.807) is 43.3 Å². The summed E-state index contributed by atoms with van der Waals surface area (Å²) < 4.78 is 26.0. The highest BCUT2D eigenvalue weighted by atomic mass is 32.2. The van der Waals surface area contributed by atoms with Crippen LogP contribution in [0.15, 0.2) is 58.2 Å². The number of amides is 1. The number of nitrogens with zero attached hydrogens (tertiary/aromatic N) is 2. The molecule has 0 aliphatic heterocycles. The van der Waals surface area contributed by atoms with Crippen LogP contribution in [0.3, 0.4) is 0 Å². The predicted octanol–water partition coefficient (Wildman–Crippen LogP) is 1.74. The molecule has 0 aliphatic carbocycles. The SMILES string of the molecule is CCCn1nc(C(=O)NNS(=O)(=O)c2cccc(C)c2)c2ccccc2c1=O. The van der Waals surface area contributed by atoms with Crippen molar-refractivity contribution in [2.75, 3.05) is 0 Å². The molecule has 0 atom stereocenters. The first-order valence-electron chi connectivity index (χ1n) is 8.72. The van der Waals surface area contributed by atoms with Crippen LogP contribution in [0, 0.1) is 6.92 Å². The third-order valence-electron chi connectivity index (χ3n) is 4.12. The van der Waals surface area contributed by atoms with Gasteiger partial charge in [-0.2, -0.15) is 5.10 Å². The number of aromatic nitrogens is 2. The van der Waals surface area contributed by atoms with Crippen LogP contribution < -0.4 is 15.8 Å². The maximum atomic E-state index is 12.7. The summed E-state index contributed by atoms with van der Waals surface area (Å²) >= 11 is 0. The molecule has 2 N–H and O–H groups in total. The van der Waals surface area contributed by atoms with E-state index in [-0.39, 0.29) is 16.1 Å². The van der Waals surface area contributed by atoms with Crippen LogP contribution in [0.1, 0.15) is 29.4 Å². The Kier molecular flexibility index (Phi) is 5.57. The molecule has 0 bridgehead atoms. The summed E-state index contributed by atoms with van der Waals surface area (Å²) in [6, 6.07) is 12.9. The number of benzene rings is 2. The maximum Gasteiger partial charge on any atom is 0.287 e. The van der Waals surface area contributed by atoms with Gasteiger partial charge >= 0.3 is 0 Å². The fraction of sp³-hybridized carbons (Fsp3) is 0.211. The zero-order valence-electron chi connectivity index (χ0n) is 15.5. The fourth-order valence-corrected chi connectivity index (χ4v) is 3.72. The van der Waals surface area contributed by atoms with E-state index in [9.17, 15) is 18.0 Å². The zero-order valence-corrected chi connectivity index (χ0v) is 16.3. The van der Waals surface area contributed by atoms with E-state index in [0.717, 1.165) is 5.56 Å². The second kappa shape index (κ2) is 7.91. The molecule has 0 saturated heterocycles. The molecule has 1 heterocycles. The monoisotopic (exact) mass is 400 g/mol. The molecule has 0 spiro atoms.